The SMILES string of the molecule is NCCN1CCC(CNC(=O)O)CC1. The number of hydrogen-bond donors (Lipinski definition) is 3. The summed E-state index contributed by atoms with van der Waals surface area (Å²) in [5, 5.41) is 10.9. The molecule has 0 aliphatic carbocycles. The molecule has 1 amide bonds. The Balaban J connectivity index is 2.12. The summed E-state index contributed by atoms with van der Waals surface area (Å²) in [6.45, 7) is 4.34. The monoisotopic (exact) mass is 201 g/mol. The topological polar surface area (TPSA) is 78.6 Å². The van der Waals surface area contributed by atoms with Gasteiger partial charge in [0.2, 0.25) is 0 Å². The largest absolute Gasteiger partial charge is 0.465 e. The highest BCUT2D eigenvalue weighted by Gasteiger charge is 2.18. The second-order valence-electron chi connectivity index (χ2n) is 3.76. The maximum Gasteiger partial charge on any atom is 0.404 e. The minimum absolute atomic E-state index is 0.500. The van der Waals surface area contributed by atoms with E-state index in [0.717, 1.165) is 32.5 Å². The van der Waals surface area contributed by atoms with E-state index in [0.29, 0.717) is 19.0 Å². The zero-order valence-electron chi connectivity index (χ0n) is 8.41. The Hall–Kier alpha value is -0.810. The molecular formula is C9H19N3O2. The first kappa shape index (κ1) is 11.3. The predicted octanol–water partition coefficient (Wildman–Crippen LogP) is -0.0753. The van der Waals surface area contributed by atoms with Crippen molar-refractivity contribution in [3.8, 4) is 0 Å². The molecule has 1 heterocycles. The first-order valence-corrected chi connectivity index (χ1v) is 5.11. The van der Waals surface area contributed by atoms with Crippen molar-refractivity contribution in [3.63, 3.8) is 0 Å². The molecule has 5 heteroatoms. The standard InChI is InChI=1S/C9H19N3O2/c10-3-6-12-4-1-8(2-5-12)7-11-9(13)14/h8,11H,1-7,10H2,(H,13,14). The quantitative estimate of drug-likeness (QED) is 0.594. The van der Waals surface area contributed by atoms with Crippen LogP contribution >= 0.6 is 0 Å². The number of carbonyl (C=O) groups is 1. The molecule has 5 nitrogen and oxygen atoms in total. The molecule has 1 aliphatic rings. The van der Waals surface area contributed by atoms with Crippen LogP contribution in [0.2, 0.25) is 0 Å². The van der Waals surface area contributed by atoms with Gasteiger partial charge in [-0.15, -0.1) is 0 Å². The van der Waals surface area contributed by atoms with Crippen LogP contribution in [0.5, 0.6) is 0 Å². The van der Waals surface area contributed by atoms with E-state index in [1.54, 1.807) is 0 Å². The van der Waals surface area contributed by atoms with Gasteiger partial charge in [-0.05, 0) is 31.8 Å². The van der Waals surface area contributed by atoms with Gasteiger partial charge in [0.15, 0.2) is 0 Å². The lowest BCUT2D eigenvalue weighted by Crippen LogP contribution is -2.40. The van der Waals surface area contributed by atoms with E-state index >= 15 is 0 Å². The molecule has 0 bridgehead atoms. The van der Waals surface area contributed by atoms with Crippen molar-refractivity contribution in [3.05, 3.63) is 0 Å². The van der Waals surface area contributed by atoms with Crippen LogP contribution in [0.1, 0.15) is 12.8 Å². The lowest BCUT2D eigenvalue weighted by atomic mass is 9.97. The van der Waals surface area contributed by atoms with E-state index in [-0.39, 0.29) is 0 Å². The molecule has 0 aromatic rings. The minimum Gasteiger partial charge on any atom is -0.465 e. The Morgan fingerprint density at radius 1 is 1.50 bits per heavy atom. The van der Waals surface area contributed by atoms with Crippen LogP contribution in [0.25, 0.3) is 0 Å². The van der Waals surface area contributed by atoms with E-state index in [1.807, 2.05) is 0 Å². The molecule has 0 unspecified atom stereocenters. The smallest absolute Gasteiger partial charge is 0.404 e. The van der Waals surface area contributed by atoms with Crippen LogP contribution in [-0.4, -0.2) is 48.8 Å². The molecule has 0 spiro atoms. The average Bonchev–Trinajstić information content (AvgIpc) is 2.17. The van der Waals surface area contributed by atoms with Gasteiger partial charge in [-0.25, -0.2) is 4.79 Å². The second kappa shape index (κ2) is 5.82. The van der Waals surface area contributed by atoms with Gasteiger partial charge < -0.3 is 21.1 Å². The third kappa shape index (κ3) is 3.93. The van der Waals surface area contributed by atoms with Crippen molar-refractivity contribution in [2.45, 2.75) is 12.8 Å². The van der Waals surface area contributed by atoms with E-state index in [4.69, 9.17) is 10.8 Å². The number of rotatable bonds is 4. The fourth-order valence-corrected chi connectivity index (χ4v) is 1.83. The van der Waals surface area contributed by atoms with Crippen LogP contribution in [0.3, 0.4) is 0 Å². The molecule has 4 N–H and O–H groups in total. The molecule has 1 rings (SSSR count). The first-order valence-electron chi connectivity index (χ1n) is 5.11. The number of piperidine rings is 1. The molecule has 14 heavy (non-hydrogen) atoms. The Morgan fingerprint density at radius 2 is 2.14 bits per heavy atom. The van der Waals surface area contributed by atoms with Gasteiger partial charge in [0, 0.05) is 19.6 Å². The molecule has 0 aromatic carbocycles. The Labute approximate surface area is 84.3 Å². The molecule has 0 aromatic heterocycles. The zero-order chi connectivity index (χ0) is 10.4. The molecule has 1 aliphatic heterocycles. The van der Waals surface area contributed by atoms with Crippen LogP contribution < -0.4 is 11.1 Å². The molecule has 0 radical (unpaired) electrons. The van der Waals surface area contributed by atoms with E-state index in [9.17, 15) is 4.79 Å². The summed E-state index contributed by atoms with van der Waals surface area (Å²) < 4.78 is 0. The highest BCUT2D eigenvalue weighted by molar-refractivity contribution is 5.64. The van der Waals surface area contributed by atoms with Crippen LogP contribution in [0, 0.1) is 5.92 Å². The Bertz CT molecular complexity index is 179. The number of hydrogen-bond acceptors (Lipinski definition) is 3. The highest BCUT2D eigenvalue weighted by Crippen LogP contribution is 2.15. The minimum atomic E-state index is -0.922. The van der Waals surface area contributed by atoms with Crippen molar-refractivity contribution in [1.82, 2.24) is 10.2 Å². The van der Waals surface area contributed by atoms with Crippen LogP contribution in [0.4, 0.5) is 4.79 Å². The third-order valence-electron chi connectivity index (χ3n) is 2.69. The summed E-state index contributed by atoms with van der Waals surface area (Å²) in [6.07, 6.45) is 1.22. The molecule has 1 saturated heterocycles. The lowest BCUT2D eigenvalue weighted by molar-refractivity contribution is 0.173. The molecule has 82 valence electrons. The number of amides is 1. The zero-order valence-corrected chi connectivity index (χ0v) is 8.41. The van der Waals surface area contributed by atoms with Crippen molar-refractivity contribution in [2.24, 2.45) is 11.7 Å². The Morgan fingerprint density at radius 3 is 2.64 bits per heavy atom. The van der Waals surface area contributed by atoms with Crippen LogP contribution in [-0.2, 0) is 0 Å². The fourth-order valence-electron chi connectivity index (χ4n) is 1.83. The third-order valence-corrected chi connectivity index (χ3v) is 2.69. The second-order valence-corrected chi connectivity index (χ2v) is 3.76. The molecule has 0 saturated carbocycles. The van der Waals surface area contributed by atoms with E-state index in [2.05, 4.69) is 10.2 Å². The molecule has 0 atom stereocenters. The summed E-state index contributed by atoms with van der Waals surface area (Å²) in [7, 11) is 0. The van der Waals surface area contributed by atoms with Crippen molar-refractivity contribution < 1.29 is 9.90 Å². The highest BCUT2D eigenvalue weighted by atomic mass is 16.4. The predicted molar refractivity (Wildman–Crippen MR) is 54.2 cm³/mol. The number of likely N-dealkylation sites (tertiary alicyclic amines) is 1. The number of nitrogens with one attached hydrogen (secondary N) is 1. The van der Waals surface area contributed by atoms with Gasteiger partial charge >= 0.3 is 6.09 Å². The molecular weight excluding hydrogens is 182 g/mol. The summed E-state index contributed by atoms with van der Waals surface area (Å²) in [5.41, 5.74) is 5.46. The fraction of sp³-hybridized carbons (Fsp3) is 0.889. The van der Waals surface area contributed by atoms with Gasteiger partial charge in [-0.3, -0.25) is 0 Å². The van der Waals surface area contributed by atoms with E-state index < -0.39 is 6.09 Å². The summed E-state index contributed by atoms with van der Waals surface area (Å²) >= 11 is 0. The van der Waals surface area contributed by atoms with Crippen molar-refractivity contribution >= 4 is 6.09 Å². The van der Waals surface area contributed by atoms with Crippen LogP contribution in [0.15, 0.2) is 0 Å². The van der Waals surface area contributed by atoms with Gasteiger partial charge in [0.1, 0.15) is 0 Å². The normalized spacial score (nSPS) is 19.5. The lowest BCUT2D eigenvalue weighted by Gasteiger charge is -2.31. The Kier molecular flexibility index (Phi) is 4.69. The molecule has 1 fully saturated rings. The summed E-state index contributed by atoms with van der Waals surface area (Å²) in [5.74, 6) is 0.500. The number of carboxylic acid groups (broad SMARTS) is 1. The first-order chi connectivity index (χ1) is 6.72. The van der Waals surface area contributed by atoms with Crippen molar-refractivity contribution in [1.29, 1.82) is 0 Å². The van der Waals surface area contributed by atoms with Gasteiger partial charge in [0.25, 0.3) is 0 Å². The summed E-state index contributed by atoms with van der Waals surface area (Å²) in [6, 6.07) is 0. The van der Waals surface area contributed by atoms with Gasteiger partial charge in [-0.1, -0.05) is 0 Å². The summed E-state index contributed by atoms with van der Waals surface area (Å²) in [4.78, 5) is 12.6. The number of nitrogens with two attached hydrogens (primary N) is 1. The van der Waals surface area contributed by atoms with Gasteiger partial charge in [-0.2, -0.15) is 0 Å². The van der Waals surface area contributed by atoms with E-state index in [1.165, 1.54) is 0 Å². The van der Waals surface area contributed by atoms with Crippen molar-refractivity contribution in [2.75, 3.05) is 32.7 Å². The van der Waals surface area contributed by atoms with Gasteiger partial charge in [0.05, 0.1) is 0 Å². The maximum atomic E-state index is 10.3. The maximum absolute atomic E-state index is 10.3. The number of nitrogens with zero attached hydrogens (tertiary/aromatic N) is 1. The average molecular weight is 201 g/mol.